The summed E-state index contributed by atoms with van der Waals surface area (Å²) in [6, 6.07) is 0. The van der Waals surface area contributed by atoms with Gasteiger partial charge in [-0.15, -0.1) is 6.42 Å². The lowest BCUT2D eigenvalue weighted by Gasteiger charge is -2.31. The van der Waals surface area contributed by atoms with E-state index in [9.17, 15) is 9.59 Å². The van der Waals surface area contributed by atoms with Crippen molar-refractivity contribution < 1.29 is 14.7 Å². The molecule has 1 saturated heterocycles. The monoisotopic (exact) mass is 224 g/mol. The zero-order chi connectivity index (χ0) is 12.0. The molecule has 1 amide bonds. The minimum Gasteiger partial charge on any atom is -0.480 e. The van der Waals surface area contributed by atoms with Crippen LogP contribution >= 0.6 is 0 Å². The average molecular weight is 224 g/mol. The number of likely N-dealkylation sites (tertiary alicyclic amines) is 1. The number of hydrogen-bond acceptors (Lipinski definition) is 3. The fourth-order valence-corrected chi connectivity index (χ4v) is 1.89. The highest BCUT2D eigenvalue weighted by Gasteiger charge is 2.22. The Morgan fingerprint density at radius 1 is 1.56 bits per heavy atom. The van der Waals surface area contributed by atoms with E-state index in [0.717, 1.165) is 12.8 Å². The molecule has 0 spiro atoms. The van der Waals surface area contributed by atoms with E-state index in [1.165, 1.54) is 0 Å². The summed E-state index contributed by atoms with van der Waals surface area (Å²) in [7, 11) is 0. The van der Waals surface area contributed by atoms with E-state index in [-0.39, 0.29) is 12.5 Å². The number of rotatable bonds is 4. The quantitative estimate of drug-likeness (QED) is 0.634. The van der Waals surface area contributed by atoms with Crippen LogP contribution in [0.15, 0.2) is 0 Å². The van der Waals surface area contributed by atoms with Gasteiger partial charge in [0.05, 0.1) is 6.54 Å². The van der Waals surface area contributed by atoms with Crippen LogP contribution < -0.4 is 5.32 Å². The van der Waals surface area contributed by atoms with Crippen molar-refractivity contribution in [2.75, 3.05) is 26.2 Å². The van der Waals surface area contributed by atoms with Gasteiger partial charge in [-0.3, -0.25) is 9.59 Å². The molecule has 1 unspecified atom stereocenters. The van der Waals surface area contributed by atoms with Crippen molar-refractivity contribution in [2.45, 2.75) is 12.8 Å². The molecular formula is C11H16N2O3. The van der Waals surface area contributed by atoms with Gasteiger partial charge in [0.1, 0.15) is 0 Å². The van der Waals surface area contributed by atoms with E-state index in [1.54, 1.807) is 4.90 Å². The van der Waals surface area contributed by atoms with Gasteiger partial charge >= 0.3 is 5.97 Å². The highest BCUT2D eigenvalue weighted by molar-refractivity contribution is 5.92. The summed E-state index contributed by atoms with van der Waals surface area (Å²) in [5.74, 6) is 1.26. The van der Waals surface area contributed by atoms with Gasteiger partial charge < -0.3 is 15.3 Å². The van der Waals surface area contributed by atoms with E-state index < -0.39 is 5.97 Å². The first-order valence-electron chi connectivity index (χ1n) is 5.31. The smallest absolute Gasteiger partial charge is 0.317 e. The second-order valence-corrected chi connectivity index (χ2v) is 3.93. The lowest BCUT2D eigenvalue weighted by molar-refractivity contribution is -0.136. The van der Waals surface area contributed by atoms with Crippen LogP contribution in [-0.4, -0.2) is 48.1 Å². The first kappa shape index (κ1) is 12.5. The van der Waals surface area contributed by atoms with Gasteiger partial charge in [0.25, 0.3) is 5.91 Å². The van der Waals surface area contributed by atoms with Gasteiger partial charge in [-0.1, -0.05) is 0 Å². The van der Waals surface area contributed by atoms with Gasteiger partial charge in [0, 0.05) is 19.6 Å². The molecule has 2 N–H and O–H groups in total. The highest BCUT2D eigenvalue weighted by atomic mass is 16.4. The number of carboxylic acids is 1. The zero-order valence-corrected chi connectivity index (χ0v) is 9.11. The normalized spacial score (nSPS) is 20.2. The maximum atomic E-state index is 11.3. The molecule has 1 aliphatic rings. The number of carbonyl (C=O) groups is 2. The number of amides is 1. The topological polar surface area (TPSA) is 69.6 Å². The second-order valence-electron chi connectivity index (χ2n) is 3.93. The lowest BCUT2D eigenvalue weighted by atomic mass is 9.98. The van der Waals surface area contributed by atoms with Crippen LogP contribution in [0.25, 0.3) is 0 Å². The Hall–Kier alpha value is -1.54. The van der Waals surface area contributed by atoms with Gasteiger partial charge in [-0.2, -0.15) is 0 Å². The van der Waals surface area contributed by atoms with Gasteiger partial charge in [-0.25, -0.2) is 0 Å². The molecular weight excluding hydrogens is 208 g/mol. The largest absolute Gasteiger partial charge is 0.480 e. The summed E-state index contributed by atoms with van der Waals surface area (Å²) in [4.78, 5) is 23.2. The number of hydrogen-bond donors (Lipinski definition) is 2. The molecule has 0 radical (unpaired) electrons. The van der Waals surface area contributed by atoms with E-state index in [4.69, 9.17) is 11.5 Å². The first-order chi connectivity index (χ1) is 7.63. The molecule has 1 atom stereocenters. The minimum atomic E-state index is -0.868. The van der Waals surface area contributed by atoms with E-state index in [1.807, 2.05) is 0 Å². The van der Waals surface area contributed by atoms with Gasteiger partial charge in [0.15, 0.2) is 0 Å². The Labute approximate surface area is 94.8 Å². The third-order valence-electron chi connectivity index (χ3n) is 2.64. The average Bonchev–Trinajstić information content (AvgIpc) is 2.28. The Kier molecular flexibility index (Phi) is 4.80. The molecule has 1 aliphatic heterocycles. The number of nitrogens with one attached hydrogen (secondary N) is 1. The SMILES string of the molecule is C#CC(=O)N1CCCC(CNCC(=O)O)C1. The number of aliphatic carboxylic acids is 1. The molecule has 5 heteroatoms. The third-order valence-corrected chi connectivity index (χ3v) is 2.64. The lowest BCUT2D eigenvalue weighted by Crippen LogP contribution is -2.43. The second kappa shape index (κ2) is 6.13. The van der Waals surface area contributed by atoms with Crippen molar-refractivity contribution in [3.63, 3.8) is 0 Å². The van der Waals surface area contributed by atoms with Gasteiger partial charge in [0.2, 0.25) is 0 Å². The zero-order valence-electron chi connectivity index (χ0n) is 9.11. The molecule has 1 heterocycles. The summed E-state index contributed by atoms with van der Waals surface area (Å²) < 4.78 is 0. The number of carbonyl (C=O) groups excluding carboxylic acids is 1. The predicted octanol–water partition coefficient (Wildman–Crippen LogP) is -0.468. The van der Waals surface area contributed by atoms with Crippen molar-refractivity contribution in [2.24, 2.45) is 5.92 Å². The molecule has 0 bridgehead atoms. The van der Waals surface area contributed by atoms with Crippen LogP contribution in [0.2, 0.25) is 0 Å². The summed E-state index contributed by atoms with van der Waals surface area (Å²) in [6.07, 6.45) is 6.98. The number of terminal acetylenes is 1. The Balaban J connectivity index is 2.31. The van der Waals surface area contributed by atoms with Crippen molar-refractivity contribution >= 4 is 11.9 Å². The van der Waals surface area contributed by atoms with Gasteiger partial charge in [-0.05, 0) is 24.7 Å². The summed E-state index contributed by atoms with van der Waals surface area (Å²) in [5.41, 5.74) is 0. The molecule has 0 aromatic heterocycles. The third kappa shape index (κ3) is 3.91. The number of nitrogens with zero attached hydrogens (tertiary/aromatic N) is 1. The molecule has 88 valence electrons. The maximum Gasteiger partial charge on any atom is 0.317 e. The molecule has 0 aromatic rings. The van der Waals surface area contributed by atoms with Crippen LogP contribution in [-0.2, 0) is 9.59 Å². The fraction of sp³-hybridized carbons (Fsp3) is 0.636. The van der Waals surface area contributed by atoms with E-state index >= 15 is 0 Å². The molecule has 1 rings (SSSR count). The minimum absolute atomic E-state index is 0.0421. The molecule has 0 aromatic carbocycles. The van der Waals surface area contributed by atoms with Crippen LogP contribution in [0.1, 0.15) is 12.8 Å². The molecule has 16 heavy (non-hydrogen) atoms. The Morgan fingerprint density at radius 2 is 2.31 bits per heavy atom. The van der Waals surface area contributed by atoms with Crippen LogP contribution in [0.5, 0.6) is 0 Å². The number of carboxylic acid groups (broad SMARTS) is 1. The van der Waals surface area contributed by atoms with Crippen molar-refractivity contribution in [3.8, 4) is 12.3 Å². The summed E-state index contributed by atoms with van der Waals surface area (Å²) in [6.45, 7) is 1.90. The Morgan fingerprint density at radius 3 is 2.94 bits per heavy atom. The summed E-state index contributed by atoms with van der Waals surface area (Å²) in [5, 5.41) is 11.3. The van der Waals surface area contributed by atoms with Crippen LogP contribution in [0.3, 0.4) is 0 Å². The van der Waals surface area contributed by atoms with Crippen LogP contribution in [0.4, 0.5) is 0 Å². The van der Waals surface area contributed by atoms with Crippen molar-refractivity contribution in [1.29, 1.82) is 0 Å². The predicted molar refractivity (Wildman–Crippen MR) is 58.6 cm³/mol. The first-order valence-corrected chi connectivity index (χ1v) is 5.31. The fourth-order valence-electron chi connectivity index (χ4n) is 1.89. The molecule has 0 aliphatic carbocycles. The Bertz CT molecular complexity index is 309. The summed E-state index contributed by atoms with van der Waals surface area (Å²) >= 11 is 0. The molecule has 1 fully saturated rings. The maximum absolute atomic E-state index is 11.3. The van der Waals surface area contributed by atoms with E-state index in [2.05, 4.69) is 11.2 Å². The molecule has 5 nitrogen and oxygen atoms in total. The molecule has 0 saturated carbocycles. The van der Waals surface area contributed by atoms with E-state index in [0.29, 0.717) is 25.6 Å². The standard InChI is InChI=1S/C11H16N2O3/c1-2-10(14)13-5-3-4-9(8-13)6-12-7-11(15)16/h1,9,12H,3-8H2,(H,15,16). The van der Waals surface area contributed by atoms with Crippen molar-refractivity contribution in [1.82, 2.24) is 10.2 Å². The number of piperidine rings is 1. The highest BCUT2D eigenvalue weighted by Crippen LogP contribution is 2.15. The van der Waals surface area contributed by atoms with Crippen LogP contribution in [0, 0.1) is 18.3 Å². The van der Waals surface area contributed by atoms with Crippen molar-refractivity contribution in [3.05, 3.63) is 0 Å².